The Labute approximate surface area is 403 Å². The van der Waals surface area contributed by atoms with Crippen LogP contribution in [0.25, 0.3) is 55.6 Å². The lowest BCUT2D eigenvalue weighted by Gasteiger charge is -2.49. The zero-order valence-corrected chi connectivity index (χ0v) is 37.9. The van der Waals surface area contributed by atoms with Gasteiger partial charge in [-0.25, -0.2) is 0 Å². The predicted octanol–water partition coefficient (Wildman–Crippen LogP) is 17.2. The highest BCUT2D eigenvalue weighted by Crippen LogP contribution is 2.69. The van der Waals surface area contributed by atoms with Crippen LogP contribution in [-0.4, -0.2) is 0 Å². The lowest BCUT2D eigenvalue weighted by Crippen LogP contribution is -2.44. The molecule has 1 unspecified atom stereocenters. The first-order valence-electron chi connectivity index (χ1n) is 24.1. The molecular formula is C68H45N. The largest absolute Gasteiger partial charge is 0.310 e. The average Bonchev–Trinajstić information content (AvgIpc) is 3.90. The Bertz CT molecular complexity index is 3630. The van der Waals surface area contributed by atoms with E-state index in [2.05, 4.69) is 278 Å². The first-order chi connectivity index (χ1) is 34.2. The third kappa shape index (κ3) is 5.59. The van der Waals surface area contributed by atoms with Gasteiger partial charge < -0.3 is 4.90 Å². The summed E-state index contributed by atoms with van der Waals surface area (Å²) in [6.45, 7) is 0. The molecule has 0 N–H and O–H groups in total. The Morgan fingerprint density at radius 2 is 0.565 bits per heavy atom. The minimum atomic E-state index is -0.719. The fourth-order valence-corrected chi connectivity index (χ4v) is 12.6. The van der Waals surface area contributed by atoms with Gasteiger partial charge in [0.2, 0.25) is 0 Å². The highest BCUT2D eigenvalue weighted by atomic mass is 15.1. The van der Waals surface area contributed by atoms with Crippen molar-refractivity contribution in [3.63, 3.8) is 0 Å². The molecule has 0 radical (unpaired) electrons. The summed E-state index contributed by atoms with van der Waals surface area (Å²) in [7, 11) is 0. The summed E-state index contributed by atoms with van der Waals surface area (Å²) in [6.07, 6.45) is 0. The number of hydrogen-bond acceptors (Lipinski definition) is 1. The van der Waals surface area contributed by atoms with Crippen LogP contribution in [0.3, 0.4) is 0 Å². The van der Waals surface area contributed by atoms with Gasteiger partial charge in [0.05, 0.1) is 16.5 Å². The Hall–Kier alpha value is -8.78. The van der Waals surface area contributed by atoms with E-state index >= 15 is 0 Å². The minimum Gasteiger partial charge on any atom is -0.310 e. The van der Waals surface area contributed by atoms with Crippen molar-refractivity contribution in [1.29, 1.82) is 0 Å². The predicted molar refractivity (Wildman–Crippen MR) is 286 cm³/mol. The summed E-state index contributed by atoms with van der Waals surface area (Å²) in [5.74, 6) is 0. The van der Waals surface area contributed by atoms with E-state index in [1.807, 2.05) is 0 Å². The Kier molecular flexibility index (Phi) is 8.78. The van der Waals surface area contributed by atoms with Crippen molar-refractivity contribution in [2.75, 3.05) is 4.90 Å². The van der Waals surface area contributed by atoms with Gasteiger partial charge in [-0.05, 0) is 131 Å². The summed E-state index contributed by atoms with van der Waals surface area (Å²) in [6, 6.07) is 102. The van der Waals surface area contributed by atoms with E-state index in [0.29, 0.717) is 0 Å². The standard InChI is InChI=1S/C68H45N/c1-4-19-46(20-5-1)49-35-40-52(41-36-49)69(53-42-37-50(38-43-53)47-21-6-2-7-22-47)65-34-18-28-57-56-27-12-15-31-60(56)68(66(57)65)62-33-17-16-32-61(62)67(58-29-13-10-25-54(58)55-26-11-14-30-59(55)67)63-44-39-51(45-64(63)68)48-23-8-3-9-24-48/h1-45H. The van der Waals surface area contributed by atoms with Crippen LogP contribution >= 0.6 is 0 Å². The van der Waals surface area contributed by atoms with Crippen LogP contribution in [0.1, 0.15) is 44.5 Å². The zero-order valence-electron chi connectivity index (χ0n) is 37.9. The van der Waals surface area contributed by atoms with Crippen molar-refractivity contribution in [2.45, 2.75) is 10.8 Å². The normalized spacial score (nSPS) is 15.1. The van der Waals surface area contributed by atoms with E-state index in [1.54, 1.807) is 0 Å². The molecule has 1 nitrogen and oxygen atoms in total. The molecule has 0 heterocycles. The monoisotopic (exact) mass is 875 g/mol. The molecule has 3 aliphatic rings. The van der Waals surface area contributed by atoms with Crippen LogP contribution < -0.4 is 4.90 Å². The van der Waals surface area contributed by atoms with Gasteiger partial charge in [0.15, 0.2) is 0 Å². The van der Waals surface area contributed by atoms with Crippen LogP contribution in [0, 0.1) is 0 Å². The van der Waals surface area contributed by atoms with Gasteiger partial charge in [-0.15, -0.1) is 0 Å². The van der Waals surface area contributed by atoms with Crippen LogP contribution in [0.4, 0.5) is 17.1 Å². The summed E-state index contributed by atoms with van der Waals surface area (Å²) >= 11 is 0. The van der Waals surface area contributed by atoms with E-state index < -0.39 is 10.8 Å². The molecular weight excluding hydrogens is 831 g/mol. The quantitative estimate of drug-likeness (QED) is 0.161. The molecule has 11 aromatic carbocycles. The third-order valence-corrected chi connectivity index (χ3v) is 15.4. The molecule has 11 aromatic rings. The first kappa shape index (κ1) is 39.4. The number of anilines is 3. The van der Waals surface area contributed by atoms with Gasteiger partial charge in [0, 0.05) is 16.9 Å². The molecule has 0 fully saturated rings. The number of fused-ring (bicyclic) bond motifs is 16. The van der Waals surface area contributed by atoms with Gasteiger partial charge in [0.1, 0.15) is 0 Å². The molecule has 0 amide bonds. The highest BCUT2D eigenvalue weighted by Gasteiger charge is 2.60. The van der Waals surface area contributed by atoms with Crippen LogP contribution in [0.15, 0.2) is 273 Å². The molecule has 69 heavy (non-hydrogen) atoms. The molecule has 0 saturated carbocycles. The van der Waals surface area contributed by atoms with Crippen molar-refractivity contribution in [1.82, 2.24) is 0 Å². The Balaban J connectivity index is 1.10. The van der Waals surface area contributed by atoms with E-state index in [0.717, 1.165) is 17.1 Å². The molecule has 3 aliphatic carbocycles. The van der Waals surface area contributed by atoms with Crippen molar-refractivity contribution >= 4 is 17.1 Å². The maximum atomic E-state index is 2.56. The number of benzene rings is 11. The van der Waals surface area contributed by atoms with Crippen molar-refractivity contribution < 1.29 is 0 Å². The topological polar surface area (TPSA) is 3.24 Å². The molecule has 14 rings (SSSR count). The molecule has 1 atom stereocenters. The summed E-state index contributed by atoms with van der Waals surface area (Å²) in [4.78, 5) is 2.52. The van der Waals surface area contributed by atoms with E-state index in [4.69, 9.17) is 0 Å². The average molecular weight is 876 g/mol. The molecule has 322 valence electrons. The zero-order chi connectivity index (χ0) is 45.5. The number of nitrogens with zero attached hydrogens (tertiary/aromatic N) is 1. The molecule has 0 aromatic heterocycles. The van der Waals surface area contributed by atoms with Crippen LogP contribution in [-0.2, 0) is 10.8 Å². The van der Waals surface area contributed by atoms with Crippen molar-refractivity contribution in [2.24, 2.45) is 0 Å². The van der Waals surface area contributed by atoms with Crippen molar-refractivity contribution in [3.05, 3.63) is 317 Å². The SMILES string of the molecule is c1ccc(-c2ccc(N(c3ccc(-c4ccccc4)cc3)c3cccc4c3C3(c5ccccc5-4)c4ccccc4C4(c5ccccc5-c5ccccc54)c4ccc(-c5ccccc5)cc43)cc2)cc1. The molecule has 0 bridgehead atoms. The van der Waals surface area contributed by atoms with Gasteiger partial charge in [-0.2, -0.15) is 0 Å². The van der Waals surface area contributed by atoms with E-state index in [1.165, 1.54) is 100 Å². The highest BCUT2D eigenvalue weighted by molar-refractivity contribution is 5.98. The second kappa shape index (κ2) is 15.4. The van der Waals surface area contributed by atoms with E-state index in [-0.39, 0.29) is 0 Å². The van der Waals surface area contributed by atoms with Gasteiger partial charge >= 0.3 is 0 Å². The van der Waals surface area contributed by atoms with Crippen LogP contribution in [0.2, 0.25) is 0 Å². The molecule has 1 heteroatoms. The maximum Gasteiger partial charge on any atom is 0.0740 e. The van der Waals surface area contributed by atoms with Crippen molar-refractivity contribution in [3.8, 4) is 55.6 Å². The summed E-state index contributed by atoms with van der Waals surface area (Å²) < 4.78 is 0. The fourth-order valence-electron chi connectivity index (χ4n) is 12.6. The summed E-state index contributed by atoms with van der Waals surface area (Å²) in [5, 5.41) is 0. The second-order valence-electron chi connectivity index (χ2n) is 18.7. The number of hydrogen-bond donors (Lipinski definition) is 0. The Morgan fingerprint density at radius 1 is 0.217 bits per heavy atom. The number of rotatable bonds is 6. The summed E-state index contributed by atoms with van der Waals surface area (Å²) in [5.41, 5.74) is 24.9. The van der Waals surface area contributed by atoms with Gasteiger partial charge in [-0.1, -0.05) is 237 Å². The molecule has 2 spiro atoms. The maximum absolute atomic E-state index is 2.56. The Morgan fingerprint density at radius 3 is 1.07 bits per heavy atom. The van der Waals surface area contributed by atoms with Gasteiger partial charge in [-0.3, -0.25) is 0 Å². The first-order valence-corrected chi connectivity index (χ1v) is 24.1. The lowest BCUT2D eigenvalue weighted by molar-refractivity contribution is 0.633. The minimum absolute atomic E-state index is 0.563. The lowest BCUT2D eigenvalue weighted by atomic mass is 9.52. The smallest absolute Gasteiger partial charge is 0.0740 e. The van der Waals surface area contributed by atoms with Crippen LogP contribution in [0.5, 0.6) is 0 Å². The van der Waals surface area contributed by atoms with Gasteiger partial charge in [0.25, 0.3) is 0 Å². The third-order valence-electron chi connectivity index (χ3n) is 15.4. The fraction of sp³-hybridized carbons (Fsp3) is 0.0294. The second-order valence-corrected chi connectivity index (χ2v) is 18.7. The van der Waals surface area contributed by atoms with E-state index in [9.17, 15) is 0 Å². The molecule has 0 aliphatic heterocycles. The molecule has 0 saturated heterocycles.